The normalized spacial score (nSPS) is 10.6. The molecule has 2 aromatic heterocycles. The second-order valence-electron chi connectivity index (χ2n) is 6.90. The van der Waals surface area contributed by atoms with E-state index in [-0.39, 0.29) is 5.69 Å². The van der Waals surface area contributed by atoms with Gasteiger partial charge >= 0.3 is 6.03 Å². The van der Waals surface area contributed by atoms with Crippen LogP contribution in [0.4, 0.5) is 25.0 Å². The highest BCUT2D eigenvalue weighted by atomic mass is 19.1. The number of amides is 2. The van der Waals surface area contributed by atoms with E-state index in [9.17, 15) is 13.6 Å². The van der Waals surface area contributed by atoms with E-state index in [0.29, 0.717) is 29.2 Å². The van der Waals surface area contributed by atoms with Crippen LogP contribution < -0.4 is 15.4 Å². The van der Waals surface area contributed by atoms with Crippen molar-refractivity contribution in [2.24, 2.45) is 0 Å². The van der Waals surface area contributed by atoms with Gasteiger partial charge in [-0.25, -0.2) is 18.3 Å². The van der Waals surface area contributed by atoms with Crippen LogP contribution in [0, 0.1) is 25.5 Å². The Morgan fingerprint density at radius 1 is 0.938 bits per heavy atom. The van der Waals surface area contributed by atoms with Gasteiger partial charge in [-0.3, -0.25) is 0 Å². The van der Waals surface area contributed by atoms with Crippen LogP contribution in [-0.2, 0) is 0 Å². The largest absolute Gasteiger partial charge is 0.438 e. The van der Waals surface area contributed by atoms with Crippen LogP contribution in [-0.4, -0.2) is 26.0 Å². The third kappa shape index (κ3) is 4.86. The third-order valence-electron chi connectivity index (χ3n) is 4.37. The number of carbonyl (C=O) groups is 1. The summed E-state index contributed by atoms with van der Waals surface area (Å²) < 4.78 is 33.9. The van der Waals surface area contributed by atoms with E-state index in [0.717, 1.165) is 23.5 Å². The number of urea groups is 1. The molecular weight excluding hydrogens is 418 g/mol. The number of halogens is 2. The van der Waals surface area contributed by atoms with Crippen molar-refractivity contribution in [1.82, 2.24) is 20.0 Å². The molecule has 0 unspecified atom stereocenters. The molecule has 32 heavy (non-hydrogen) atoms. The first-order valence-electron chi connectivity index (χ1n) is 9.56. The summed E-state index contributed by atoms with van der Waals surface area (Å²) in [5.74, 6) is -0.246. The fourth-order valence-corrected chi connectivity index (χ4v) is 2.94. The number of aromatic nitrogens is 4. The maximum absolute atomic E-state index is 13.6. The van der Waals surface area contributed by atoms with Crippen molar-refractivity contribution < 1.29 is 18.3 Å². The number of hydrogen-bond acceptors (Lipinski definition) is 5. The van der Waals surface area contributed by atoms with Gasteiger partial charge in [-0.1, -0.05) is 0 Å². The average Bonchev–Trinajstić information content (AvgIpc) is 3.10. The van der Waals surface area contributed by atoms with Gasteiger partial charge in [-0.15, -0.1) is 10.2 Å². The number of hydrogen-bond donors (Lipinski definition) is 2. The molecule has 2 amide bonds. The maximum atomic E-state index is 13.6. The summed E-state index contributed by atoms with van der Waals surface area (Å²) in [5.41, 5.74) is 2.14. The minimum Gasteiger partial charge on any atom is -0.438 e. The Labute approximate surface area is 181 Å². The van der Waals surface area contributed by atoms with Gasteiger partial charge in [-0.05, 0) is 62.4 Å². The van der Waals surface area contributed by atoms with Gasteiger partial charge in [-0.2, -0.15) is 5.10 Å². The summed E-state index contributed by atoms with van der Waals surface area (Å²) in [7, 11) is 0. The molecule has 162 valence electrons. The summed E-state index contributed by atoms with van der Waals surface area (Å²) in [5, 5.41) is 17.4. The monoisotopic (exact) mass is 436 g/mol. The quantitative estimate of drug-likeness (QED) is 0.460. The van der Waals surface area contributed by atoms with E-state index >= 15 is 0 Å². The summed E-state index contributed by atoms with van der Waals surface area (Å²) in [6, 6.07) is 14.0. The lowest BCUT2D eigenvalue weighted by Crippen LogP contribution is -2.20. The number of nitrogens with one attached hydrogen (secondary N) is 2. The summed E-state index contributed by atoms with van der Waals surface area (Å²) in [4.78, 5) is 12.0. The molecule has 0 bridgehead atoms. The maximum Gasteiger partial charge on any atom is 0.323 e. The van der Waals surface area contributed by atoms with E-state index in [4.69, 9.17) is 4.74 Å². The molecule has 0 aliphatic carbocycles. The smallest absolute Gasteiger partial charge is 0.323 e. The number of aryl methyl sites for hydroxylation is 2. The van der Waals surface area contributed by atoms with Crippen molar-refractivity contribution in [3.05, 3.63) is 83.7 Å². The molecule has 0 spiro atoms. The molecule has 0 fully saturated rings. The van der Waals surface area contributed by atoms with Crippen LogP contribution in [0.25, 0.3) is 5.82 Å². The number of benzene rings is 2. The van der Waals surface area contributed by atoms with Crippen molar-refractivity contribution in [3.8, 4) is 17.4 Å². The fourth-order valence-electron chi connectivity index (χ4n) is 2.94. The van der Waals surface area contributed by atoms with Gasteiger partial charge in [0.25, 0.3) is 0 Å². The predicted molar refractivity (Wildman–Crippen MR) is 114 cm³/mol. The van der Waals surface area contributed by atoms with Gasteiger partial charge in [0.1, 0.15) is 17.4 Å². The molecule has 0 aliphatic heterocycles. The Morgan fingerprint density at radius 3 is 2.34 bits per heavy atom. The van der Waals surface area contributed by atoms with Gasteiger partial charge in [0, 0.05) is 23.5 Å². The molecule has 4 rings (SSSR count). The molecule has 0 aliphatic rings. The van der Waals surface area contributed by atoms with Crippen LogP contribution >= 0.6 is 0 Å². The SMILES string of the molecule is Cc1cc(C)n(-c2ccc(Oc3ccc(NC(=O)Nc4ccc(F)cc4F)cc3)nn2)n1. The van der Waals surface area contributed by atoms with E-state index in [2.05, 4.69) is 25.9 Å². The second-order valence-corrected chi connectivity index (χ2v) is 6.90. The number of carbonyl (C=O) groups excluding carboxylic acids is 1. The van der Waals surface area contributed by atoms with E-state index in [1.54, 1.807) is 41.1 Å². The minimum absolute atomic E-state index is 0.133. The zero-order valence-corrected chi connectivity index (χ0v) is 17.1. The van der Waals surface area contributed by atoms with Crippen molar-refractivity contribution in [1.29, 1.82) is 0 Å². The lowest BCUT2D eigenvalue weighted by molar-refractivity contribution is 0.262. The Bertz CT molecular complexity index is 1260. The molecule has 0 saturated carbocycles. The van der Waals surface area contributed by atoms with Crippen LogP contribution in [0.3, 0.4) is 0 Å². The Morgan fingerprint density at radius 2 is 1.72 bits per heavy atom. The fraction of sp³-hybridized carbons (Fsp3) is 0.0909. The van der Waals surface area contributed by atoms with E-state index < -0.39 is 17.7 Å². The average molecular weight is 436 g/mol. The Hall–Kier alpha value is -4.34. The molecule has 0 atom stereocenters. The molecule has 2 N–H and O–H groups in total. The van der Waals surface area contributed by atoms with E-state index in [1.165, 1.54) is 0 Å². The van der Waals surface area contributed by atoms with E-state index in [1.807, 2.05) is 19.9 Å². The molecule has 4 aromatic rings. The summed E-state index contributed by atoms with van der Waals surface area (Å²) in [6.45, 7) is 3.83. The first kappa shape index (κ1) is 20.9. The van der Waals surface area contributed by atoms with Gasteiger partial charge in [0.15, 0.2) is 5.82 Å². The van der Waals surface area contributed by atoms with Gasteiger partial charge in [0.2, 0.25) is 5.88 Å². The molecule has 10 heteroatoms. The Kier molecular flexibility index (Phi) is 5.75. The van der Waals surface area contributed by atoms with Gasteiger partial charge in [0.05, 0.1) is 11.4 Å². The molecular formula is C22H18F2N6O2. The molecule has 2 heterocycles. The first-order chi connectivity index (χ1) is 15.4. The Balaban J connectivity index is 1.36. The number of anilines is 2. The summed E-state index contributed by atoms with van der Waals surface area (Å²) >= 11 is 0. The van der Waals surface area contributed by atoms with Gasteiger partial charge < -0.3 is 15.4 Å². The molecule has 0 radical (unpaired) electrons. The van der Waals surface area contributed by atoms with Crippen molar-refractivity contribution >= 4 is 17.4 Å². The number of rotatable bonds is 5. The second kappa shape index (κ2) is 8.80. The zero-order chi connectivity index (χ0) is 22.7. The highest BCUT2D eigenvalue weighted by molar-refractivity contribution is 5.99. The van der Waals surface area contributed by atoms with Crippen molar-refractivity contribution in [3.63, 3.8) is 0 Å². The number of nitrogens with zero attached hydrogens (tertiary/aromatic N) is 4. The topological polar surface area (TPSA) is 94.0 Å². The standard InChI is InChI=1S/C22H18F2N6O2/c1-13-11-14(2)30(29-13)20-9-10-21(28-27-20)32-17-6-4-16(5-7-17)25-22(31)26-19-8-3-15(23)12-18(19)24/h3-12H,1-2H3,(H2,25,26,31). The van der Waals surface area contributed by atoms with Crippen molar-refractivity contribution in [2.75, 3.05) is 10.6 Å². The lowest BCUT2D eigenvalue weighted by Gasteiger charge is -2.10. The predicted octanol–water partition coefficient (Wildman–Crippen LogP) is 4.99. The minimum atomic E-state index is -0.867. The van der Waals surface area contributed by atoms with Crippen LogP contribution in [0.2, 0.25) is 0 Å². The highest BCUT2D eigenvalue weighted by Gasteiger charge is 2.09. The highest BCUT2D eigenvalue weighted by Crippen LogP contribution is 2.22. The zero-order valence-electron chi connectivity index (χ0n) is 17.1. The van der Waals surface area contributed by atoms with Crippen molar-refractivity contribution in [2.45, 2.75) is 13.8 Å². The van der Waals surface area contributed by atoms with Crippen LogP contribution in [0.15, 0.2) is 60.7 Å². The molecule has 8 nitrogen and oxygen atoms in total. The van der Waals surface area contributed by atoms with Crippen LogP contribution in [0.1, 0.15) is 11.4 Å². The molecule has 2 aromatic carbocycles. The molecule has 0 saturated heterocycles. The third-order valence-corrected chi connectivity index (χ3v) is 4.37. The lowest BCUT2D eigenvalue weighted by atomic mass is 10.3. The summed E-state index contributed by atoms with van der Waals surface area (Å²) in [6.07, 6.45) is 0. The first-order valence-corrected chi connectivity index (χ1v) is 9.56. The van der Waals surface area contributed by atoms with Crippen LogP contribution in [0.5, 0.6) is 11.6 Å². The number of ether oxygens (including phenoxy) is 1.